The zero-order chi connectivity index (χ0) is 26.1. The molecule has 0 aromatic rings. The van der Waals surface area contributed by atoms with E-state index in [0.717, 1.165) is 19.3 Å². The van der Waals surface area contributed by atoms with Gasteiger partial charge < -0.3 is 14.2 Å². The average Bonchev–Trinajstić information content (AvgIpc) is 2.85. The number of hydrogen-bond acceptors (Lipinski definition) is 3. The van der Waals surface area contributed by atoms with Crippen LogP contribution in [0.4, 0.5) is 0 Å². The molecule has 0 aliphatic heterocycles. The highest BCUT2D eigenvalue weighted by Crippen LogP contribution is 2.49. The van der Waals surface area contributed by atoms with Gasteiger partial charge in [-0.3, -0.25) is 0 Å². The second kappa shape index (κ2) is 24.2. The van der Waals surface area contributed by atoms with Crippen molar-refractivity contribution in [3.63, 3.8) is 0 Å². The monoisotopic (exact) mass is 499 g/mol. The first kappa shape index (κ1) is 34.9. The fourth-order valence-electron chi connectivity index (χ4n) is 5.72. The maximum absolute atomic E-state index is 6.52. The Kier molecular flexibility index (Phi) is 24.1. The maximum Gasteiger partial charge on any atom is 0.288 e. The van der Waals surface area contributed by atoms with Crippen LogP contribution in [0.25, 0.3) is 0 Å². The number of ether oxygens (including phenoxy) is 3. The van der Waals surface area contributed by atoms with E-state index in [0.29, 0.717) is 19.8 Å². The van der Waals surface area contributed by atoms with Gasteiger partial charge in [0.2, 0.25) is 0 Å². The van der Waals surface area contributed by atoms with Crippen LogP contribution in [0.2, 0.25) is 0 Å². The van der Waals surface area contributed by atoms with Crippen molar-refractivity contribution in [3.8, 4) is 0 Å². The van der Waals surface area contributed by atoms with E-state index < -0.39 is 5.97 Å². The minimum atomic E-state index is -0.901. The van der Waals surface area contributed by atoms with Crippen molar-refractivity contribution in [1.29, 1.82) is 0 Å². The molecule has 0 radical (unpaired) electrons. The van der Waals surface area contributed by atoms with E-state index in [1.807, 2.05) is 0 Å². The van der Waals surface area contributed by atoms with Gasteiger partial charge in [-0.05, 0) is 40.0 Å². The molecule has 0 bridgehead atoms. The van der Waals surface area contributed by atoms with Crippen LogP contribution in [-0.2, 0) is 14.2 Å². The highest BCUT2D eigenvalue weighted by Gasteiger charge is 2.53. The largest absolute Gasteiger partial charge is 0.327 e. The Bertz CT molecular complexity index is 365. The first-order valence-electron chi connectivity index (χ1n) is 16.0. The summed E-state index contributed by atoms with van der Waals surface area (Å²) in [5.41, 5.74) is -0.0602. The van der Waals surface area contributed by atoms with E-state index in [-0.39, 0.29) is 5.41 Å². The van der Waals surface area contributed by atoms with E-state index in [1.165, 1.54) is 116 Å². The van der Waals surface area contributed by atoms with Crippen LogP contribution in [0.15, 0.2) is 0 Å². The van der Waals surface area contributed by atoms with E-state index in [9.17, 15) is 0 Å². The lowest BCUT2D eigenvalue weighted by Gasteiger charge is -2.49. The zero-order valence-electron chi connectivity index (χ0n) is 25.2. The van der Waals surface area contributed by atoms with Gasteiger partial charge in [0, 0.05) is 19.8 Å². The molecule has 3 nitrogen and oxygen atoms in total. The third kappa shape index (κ3) is 15.0. The summed E-state index contributed by atoms with van der Waals surface area (Å²) in [4.78, 5) is 0. The fraction of sp³-hybridized carbons (Fsp3) is 1.00. The molecular weight excluding hydrogens is 432 g/mol. The third-order valence-corrected chi connectivity index (χ3v) is 7.68. The molecular formula is C32H66O3. The van der Waals surface area contributed by atoms with E-state index in [4.69, 9.17) is 14.2 Å². The van der Waals surface area contributed by atoms with Gasteiger partial charge in [-0.2, -0.15) is 0 Å². The van der Waals surface area contributed by atoms with Crippen LogP contribution in [0, 0.1) is 5.41 Å². The Labute approximate surface area is 221 Å². The van der Waals surface area contributed by atoms with Gasteiger partial charge in [-0.1, -0.05) is 136 Å². The predicted molar refractivity (Wildman–Crippen MR) is 154 cm³/mol. The molecule has 0 rings (SSSR count). The molecule has 0 saturated carbocycles. The summed E-state index contributed by atoms with van der Waals surface area (Å²) in [5, 5.41) is 0. The number of rotatable bonds is 28. The molecule has 0 fully saturated rings. The second-order valence-electron chi connectivity index (χ2n) is 10.7. The summed E-state index contributed by atoms with van der Waals surface area (Å²) in [6.07, 6.45) is 27.3. The fourth-order valence-corrected chi connectivity index (χ4v) is 5.72. The smallest absolute Gasteiger partial charge is 0.288 e. The van der Waals surface area contributed by atoms with Crippen LogP contribution < -0.4 is 0 Å². The van der Waals surface area contributed by atoms with Crippen molar-refractivity contribution < 1.29 is 14.2 Å². The normalized spacial score (nSPS) is 12.5. The van der Waals surface area contributed by atoms with Crippen molar-refractivity contribution in [3.05, 3.63) is 0 Å². The van der Waals surface area contributed by atoms with Crippen LogP contribution in [-0.4, -0.2) is 25.8 Å². The minimum absolute atomic E-state index is 0.0602. The number of hydrogen-bond donors (Lipinski definition) is 0. The zero-order valence-corrected chi connectivity index (χ0v) is 25.2. The third-order valence-electron chi connectivity index (χ3n) is 7.68. The summed E-state index contributed by atoms with van der Waals surface area (Å²) in [7, 11) is 0. The lowest BCUT2D eigenvalue weighted by Crippen LogP contribution is -2.55. The Balaban J connectivity index is 5.65. The van der Waals surface area contributed by atoms with Gasteiger partial charge in [0.05, 0.1) is 5.41 Å². The second-order valence-corrected chi connectivity index (χ2v) is 10.7. The molecule has 0 N–H and O–H groups in total. The van der Waals surface area contributed by atoms with Crippen molar-refractivity contribution >= 4 is 0 Å². The Hall–Kier alpha value is -0.120. The Morgan fingerprint density at radius 2 is 0.600 bits per heavy atom. The van der Waals surface area contributed by atoms with Gasteiger partial charge in [0.25, 0.3) is 5.97 Å². The highest BCUT2D eigenvalue weighted by atomic mass is 16.9. The quantitative estimate of drug-likeness (QED) is 0.0792. The standard InChI is InChI=1S/C32H66O3/c1-7-13-16-19-22-25-28-31(29-26-23-20-17-14-8-2,30-27-24-21-18-15-9-3)32(33-10-4,34-11-5)35-12-6/h7-30H2,1-6H3. The average molecular weight is 499 g/mol. The first-order chi connectivity index (χ1) is 17.1. The van der Waals surface area contributed by atoms with Gasteiger partial charge in [0.15, 0.2) is 0 Å². The molecule has 0 aliphatic carbocycles. The van der Waals surface area contributed by atoms with Gasteiger partial charge in [-0.15, -0.1) is 0 Å². The summed E-state index contributed by atoms with van der Waals surface area (Å²) in [6, 6.07) is 0. The molecule has 0 amide bonds. The van der Waals surface area contributed by atoms with Gasteiger partial charge in [0.1, 0.15) is 0 Å². The summed E-state index contributed by atoms with van der Waals surface area (Å²) in [5.74, 6) is -0.901. The molecule has 35 heavy (non-hydrogen) atoms. The van der Waals surface area contributed by atoms with E-state index in [2.05, 4.69) is 41.5 Å². The molecule has 0 saturated heterocycles. The molecule has 0 aromatic heterocycles. The number of unbranched alkanes of at least 4 members (excludes halogenated alkanes) is 15. The molecule has 0 aliphatic rings. The molecule has 0 aromatic carbocycles. The minimum Gasteiger partial charge on any atom is -0.327 e. The summed E-state index contributed by atoms with van der Waals surface area (Å²) < 4.78 is 19.6. The molecule has 0 atom stereocenters. The van der Waals surface area contributed by atoms with Crippen molar-refractivity contribution in [2.75, 3.05) is 19.8 Å². The van der Waals surface area contributed by atoms with Crippen LogP contribution >= 0.6 is 0 Å². The van der Waals surface area contributed by atoms with Gasteiger partial charge in [-0.25, -0.2) is 0 Å². The van der Waals surface area contributed by atoms with Crippen LogP contribution in [0.3, 0.4) is 0 Å². The summed E-state index contributed by atoms with van der Waals surface area (Å²) >= 11 is 0. The Morgan fingerprint density at radius 3 is 0.857 bits per heavy atom. The van der Waals surface area contributed by atoms with Crippen molar-refractivity contribution in [2.24, 2.45) is 5.41 Å². The van der Waals surface area contributed by atoms with Crippen molar-refractivity contribution in [2.45, 2.75) is 182 Å². The molecule has 0 heterocycles. The molecule has 0 spiro atoms. The van der Waals surface area contributed by atoms with Crippen LogP contribution in [0.5, 0.6) is 0 Å². The first-order valence-corrected chi connectivity index (χ1v) is 16.0. The van der Waals surface area contributed by atoms with Crippen LogP contribution in [0.1, 0.15) is 176 Å². The van der Waals surface area contributed by atoms with Gasteiger partial charge >= 0.3 is 0 Å². The summed E-state index contributed by atoms with van der Waals surface area (Å²) in [6.45, 7) is 15.1. The van der Waals surface area contributed by atoms with E-state index >= 15 is 0 Å². The van der Waals surface area contributed by atoms with Crippen molar-refractivity contribution in [1.82, 2.24) is 0 Å². The lowest BCUT2D eigenvalue weighted by atomic mass is 9.71. The highest BCUT2D eigenvalue weighted by molar-refractivity contribution is 4.90. The van der Waals surface area contributed by atoms with E-state index in [1.54, 1.807) is 0 Å². The molecule has 0 unspecified atom stereocenters. The Morgan fingerprint density at radius 1 is 0.343 bits per heavy atom. The lowest BCUT2D eigenvalue weighted by molar-refractivity contribution is -0.432. The predicted octanol–water partition coefficient (Wildman–Crippen LogP) is 11.0. The maximum atomic E-state index is 6.52. The SMILES string of the molecule is CCCCCCCCC(CCCCCCCC)(CCCCCCCC)C(OCC)(OCC)OCC. The molecule has 212 valence electrons. The topological polar surface area (TPSA) is 27.7 Å². The molecule has 3 heteroatoms.